The summed E-state index contributed by atoms with van der Waals surface area (Å²) < 4.78 is 0. The number of thiol groups is 2. The summed E-state index contributed by atoms with van der Waals surface area (Å²) in [6.07, 6.45) is 10.1. The normalized spacial score (nSPS) is 11.1. The Hall–Kier alpha value is 0.510. The van der Waals surface area contributed by atoms with Crippen LogP contribution in [0, 0.1) is 11.8 Å². The van der Waals surface area contributed by atoms with Crippen molar-refractivity contribution in [2.24, 2.45) is 11.8 Å². The van der Waals surface area contributed by atoms with Crippen LogP contribution in [-0.4, -0.2) is 57.6 Å². The maximum atomic E-state index is 4.41. The van der Waals surface area contributed by atoms with E-state index in [1.54, 1.807) is 0 Å². The number of hydrogen-bond donors (Lipinski definition) is 2. The summed E-state index contributed by atoms with van der Waals surface area (Å²) in [5.41, 5.74) is 0. The standard InChI is InChI=1S/C19H36N4S2.Na.H/c1-15(2)11-7-5-9-13-23(14-10-6-8-12-16(3)4)17-20-18(24)22-19(25)21-17;;/h15-16H,5-14H2,1-4H3,(H2,20,21,22,24,25);;. The summed E-state index contributed by atoms with van der Waals surface area (Å²) in [5.74, 6) is 2.30. The van der Waals surface area contributed by atoms with Crippen molar-refractivity contribution in [2.75, 3.05) is 18.0 Å². The van der Waals surface area contributed by atoms with Crippen LogP contribution in [0.1, 0.15) is 79.1 Å². The SMILES string of the molecule is CC(C)CCCCCN(CCCCCC(C)C)c1nc(S)nc(S)n1.[NaH]. The van der Waals surface area contributed by atoms with Crippen LogP contribution in [0.15, 0.2) is 10.3 Å². The number of hydrogen-bond acceptors (Lipinski definition) is 6. The van der Waals surface area contributed by atoms with E-state index in [-0.39, 0.29) is 29.6 Å². The van der Waals surface area contributed by atoms with E-state index >= 15 is 0 Å². The minimum atomic E-state index is 0. The first-order chi connectivity index (χ1) is 11.9. The third-order valence-electron chi connectivity index (χ3n) is 4.30. The van der Waals surface area contributed by atoms with Gasteiger partial charge in [-0.05, 0) is 24.7 Å². The summed E-state index contributed by atoms with van der Waals surface area (Å²) in [6.45, 7) is 11.1. The predicted octanol–water partition coefficient (Wildman–Crippen LogP) is 5.04. The van der Waals surface area contributed by atoms with E-state index < -0.39 is 0 Å². The summed E-state index contributed by atoms with van der Waals surface area (Å²) in [4.78, 5) is 15.2. The van der Waals surface area contributed by atoms with E-state index in [0.717, 1.165) is 30.9 Å². The van der Waals surface area contributed by atoms with Gasteiger partial charge < -0.3 is 4.90 Å². The Bertz CT molecular complexity index is 448. The van der Waals surface area contributed by atoms with Gasteiger partial charge in [0.2, 0.25) is 5.95 Å². The molecular weight excluding hydrogens is 371 g/mol. The molecule has 0 atom stereocenters. The van der Waals surface area contributed by atoms with E-state index in [4.69, 9.17) is 0 Å². The first-order valence-corrected chi connectivity index (χ1v) is 10.7. The van der Waals surface area contributed by atoms with Gasteiger partial charge in [0.25, 0.3) is 0 Å². The molecule has 1 aromatic heterocycles. The van der Waals surface area contributed by atoms with Crippen LogP contribution in [0.3, 0.4) is 0 Å². The average molecular weight is 409 g/mol. The fraction of sp³-hybridized carbons (Fsp3) is 0.842. The van der Waals surface area contributed by atoms with Crippen LogP contribution >= 0.6 is 25.3 Å². The Kier molecular flexibility index (Phi) is 15.7. The van der Waals surface area contributed by atoms with Gasteiger partial charge in [-0.3, -0.25) is 0 Å². The number of unbranched alkanes of at least 4 members (excludes halogenated alkanes) is 4. The second-order valence-corrected chi connectivity index (χ2v) is 8.51. The van der Waals surface area contributed by atoms with Crippen LogP contribution in [0.5, 0.6) is 0 Å². The van der Waals surface area contributed by atoms with Crippen LogP contribution in [0.25, 0.3) is 0 Å². The molecule has 0 spiro atoms. The molecule has 1 rings (SSSR count). The van der Waals surface area contributed by atoms with E-state index in [0.29, 0.717) is 10.3 Å². The van der Waals surface area contributed by atoms with Gasteiger partial charge in [0.1, 0.15) is 0 Å². The molecule has 146 valence electrons. The molecule has 0 saturated carbocycles. The van der Waals surface area contributed by atoms with Gasteiger partial charge in [-0.15, -0.1) is 25.3 Å². The van der Waals surface area contributed by atoms with Gasteiger partial charge in [-0.1, -0.05) is 66.2 Å². The molecule has 0 aliphatic carbocycles. The summed E-state index contributed by atoms with van der Waals surface area (Å²) >= 11 is 8.55. The molecule has 1 heterocycles. The zero-order valence-electron chi connectivity index (χ0n) is 16.4. The molecule has 1 aromatic rings. The van der Waals surface area contributed by atoms with Gasteiger partial charge in [-0.2, -0.15) is 15.0 Å². The third-order valence-corrected chi connectivity index (χ3v) is 4.70. The molecule has 0 unspecified atom stereocenters. The average Bonchev–Trinajstić information content (AvgIpc) is 2.50. The molecule has 7 heteroatoms. The van der Waals surface area contributed by atoms with Crippen molar-refractivity contribution in [3.63, 3.8) is 0 Å². The monoisotopic (exact) mass is 408 g/mol. The molecule has 4 nitrogen and oxygen atoms in total. The van der Waals surface area contributed by atoms with E-state index in [9.17, 15) is 0 Å². The Balaban J connectivity index is 0.00000625. The summed E-state index contributed by atoms with van der Waals surface area (Å²) in [5, 5.41) is 0.888. The molecular formula is C19H37N4NaS2. The molecule has 0 radical (unpaired) electrons. The molecule has 26 heavy (non-hydrogen) atoms. The maximum absolute atomic E-state index is 4.41. The molecule has 0 N–H and O–H groups in total. The topological polar surface area (TPSA) is 41.9 Å². The molecule has 0 amide bonds. The van der Waals surface area contributed by atoms with Crippen LogP contribution in [-0.2, 0) is 0 Å². The van der Waals surface area contributed by atoms with Crippen molar-refractivity contribution in [2.45, 2.75) is 89.4 Å². The number of rotatable bonds is 13. The van der Waals surface area contributed by atoms with Crippen LogP contribution < -0.4 is 4.90 Å². The van der Waals surface area contributed by atoms with Crippen LogP contribution in [0.2, 0.25) is 0 Å². The number of nitrogens with zero attached hydrogens (tertiary/aromatic N) is 4. The van der Waals surface area contributed by atoms with Gasteiger partial charge >= 0.3 is 29.6 Å². The van der Waals surface area contributed by atoms with Gasteiger partial charge in [0.05, 0.1) is 0 Å². The van der Waals surface area contributed by atoms with E-state index in [1.165, 1.54) is 51.4 Å². The second kappa shape index (κ2) is 15.4. The number of anilines is 1. The van der Waals surface area contributed by atoms with Crippen molar-refractivity contribution in [1.29, 1.82) is 0 Å². The Morgan fingerprint density at radius 1 is 0.692 bits per heavy atom. The first kappa shape index (κ1) is 26.5. The van der Waals surface area contributed by atoms with Crippen molar-refractivity contribution in [3.8, 4) is 0 Å². The predicted molar refractivity (Wildman–Crippen MR) is 120 cm³/mol. The van der Waals surface area contributed by atoms with Crippen molar-refractivity contribution in [1.82, 2.24) is 15.0 Å². The Morgan fingerprint density at radius 2 is 1.12 bits per heavy atom. The van der Waals surface area contributed by atoms with E-state index in [1.807, 2.05) is 0 Å². The summed E-state index contributed by atoms with van der Waals surface area (Å²) in [6, 6.07) is 0. The molecule has 0 saturated heterocycles. The van der Waals surface area contributed by atoms with Crippen molar-refractivity contribution in [3.05, 3.63) is 0 Å². The quantitative estimate of drug-likeness (QED) is 0.273. The third kappa shape index (κ3) is 12.8. The van der Waals surface area contributed by atoms with Gasteiger partial charge in [0, 0.05) is 13.1 Å². The molecule has 0 fully saturated rings. The first-order valence-electron chi connectivity index (χ1n) is 9.77. The zero-order chi connectivity index (χ0) is 18.7. The van der Waals surface area contributed by atoms with Gasteiger partial charge in [-0.25, -0.2) is 0 Å². The van der Waals surface area contributed by atoms with Gasteiger partial charge in [0.15, 0.2) is 10.3 Å². The molecule has 0 aromatic carbocycles. The summed E-state index contributed by atoms with van der Waals surface area (Å²) in [7, 11) is 0. The molecule has 0 aliphatic rings. The van der Waals surface area contributed by atoms with Crippen LogP contribution in [0.4, 0.5) is 5.95 Å². The van der Waals surface area contributed by atoms with Crippen molar-refractivity contribution >= 4 is 60.8 Å². The Labute approximate surface area is 193 Å². The molecule has 0 aliphatic heterocycles. The van der Waals surface area contributed by atoms with E-state index in [2.05, 4.69) is 72.8 Å². The zero-order valence-corrected chi connectivity index (χ0v) is 18.2. The Morgan fingerprint density at radius 3 is 1.50 bits per heavy atom. The second-order valence-electron chi connectivity index (χ2n) is 7.71. The fourth-order valence-electron chi connectivity index (χ4n) is 2.86. The molecule has 0 bridgehead atoms. The fourth-order valence-corrected chi connectivity index (χ4v) is 3.31. The number of aromatic nitrogens is 3. The van der Waals surface area contributed by atoms with Crippen molar-refractivity contribution < 1.29 is 0 Å². The minimum absolute atomic E-state index is 0.